The zero-order valence-corrected chi connectivity index (χ0v) is 10.7. The number of esters is 1. The van der Waals surface area contributed by atoms with Crippen LogP contribution in [0.25, 0.3) is 0 Å². The SMILES string of the molecule is COC(=O)[C@H]1CSC(c2ccc3c(c2)OCO3)N1. The highest BCUT2D eigenvalue weighted by atomic mass is 32.2. The van der Waals surface area contributed by atoms with Crippen LogP contribution in [0.1, 0.15) is 10.9 Å². The Bertz CT molecular complexity index is 479. The first kappa shape index (κ1) is 11.7. The summed E-state index contributed by atoms with van der Waals surface area (Å²) in [4.78, 5) is 11.4. The zero-order valence-electron chi connectivity index (χ0n) is 9.84. The van der Waals surface area contributed by atoms with E-state index in [0.717, 1.165) is 17.1 Å². The van der Waals surface area contributed by atoms with E-state index in [9.17, 15) is 4.79 Å². The van der Waals surface area contributed by atoms with Gasteiger partial charge in [-0.25, -0.2) is 0 Å². The van der Waals surface area contributed by atoms with Crippen LogP contribution in [0.3, 0.4) is 0 Å². The first-order valence-electron chi connectivity index (χ1n) is 5.63. The Morgan fingerprint density at radius 2 is 2.28 bits per heavy atom. The number of rotatable bonds is 2. The highest BCUT2D eigenvalue weighted by Gasteiger charge is 2.31. The van der Waals surface area contributed by atoms with Crippen LogP contribution in [-0.4, -0.2) is 31.7 Å². The maximum absolute atomic E-state index is 11.4. The van der Waals surface area contributed by atoms with E-state index in [2.05, 4.69) is 5.32 Å². The van der Waals surface area contributed by atoms with Crippen molar-refractivity contribution < 1.29 is 19.0 Å². The van der Waals surface area contributed by atoms with Crippen LogP contribution in [0.2, 0.25) is 0 Å². The van der Waals surface area contributed by atoms with E-state index < -0.39 is 0 Å². The molecule has 1 N–H and O–H groups in total. The fraction of sp³-hybridized carbons (Fsp3) is 0.417. The minimum atomic E-state index is -0.240. The molecule has 0 radical (unpaired) electrons. The topological polar surface area (TPSA) is 56.8 Å². The summed E-state index contributed by atoms with van der Waals surface area (Å²) >= 11 is 1.68. The van der Waals surface area contributed by atoms with Gasteiger partial charge < -0.3 is 14.2 Å². The molecular formula is C12H13NO4S. The van der Waals surface area contributed by atoms with Crippen molar-refractivity contribution in [3.63, 3.8) is 0 Å². The smallest absolute Gasteiger partial charge is 0.323 e. The number of hydrogen-bond acceptors (Lipinski definition) is 6. The van der Waals surface area contributed by atoms with E-state index in [4.69, 9.17) is 14.2 Å². The second-order valence-electron chi connectivity index (χ2n) is 4.07. The zero-order chi connectivity index (χ0) is 12.5. The van der Waals surface area contributed by atoms with Crippen molar-refractivity contribution in [2.24, 2.45) is 0 Å². The van der Waals surface area contributed by atoms with Gasteiger partial charge in [-0.15, -0.1) is 11.8 Å². The number of hydrogen-bond donors (Lipinski definition) is 1. The average molecular weight is 267 g/mol. The second kappa shape index (κ2) is 4.70. The number of carbonyl (C=O) groups is 1. The molecule has 0 aliphatic carbocycles. The van der Waals surface area contributed by atoms with E-state index in [1.807, 2.05) is 18.2 Å². The molecule has 1 aromatic rings. The molecule has 18 heavy (non-hydrogen) atoms. The number of nitrogens with one attached hydrogen (secondary N) is 1. The highest BCUT2D eigenvalue weighted by Crippen LogP contribution is 2.39. The number of benzene rings is 1. The third kappa shape index (κ3) is 2.02. The first-order valence-corrected chi connectivity index (χ1v) is 6.68. The molecule has 2 atom stereocenters. The molecule has 1 aromatic carbocycles. The summed E-state index contributed by atoms with van der Waals surface area (Å²) in [7, 11) is 1.41. The third-order valence-corrected chi connectivity index (χ3v) is 4.23. The molecule has 6 heteroatoms. The van der Waals surface area contributed by atoms with Crippen LogP contribution < -0.4 is 14.8 Å². The summed E-state index contributed by atoms with van der Waals surface area (Å²) in [6, 6.07) is 5.59. The molecule has 0 bridgehead atoms. The minimum Gasteiger partial charge on any atom is -0.468 e. The number of carbonyl (C=O) groups excluding carboxylic acids is 1. The van der Waals surface area contributed by atoms with Gasteiger partial charge in [-0.3, -0.25) is 10.1 Å². The maximum atomic E-state index is 11.4. The summed E-state index contributed by atoms with van der Waals surface area (Å²) in [5.74, 6) is 2.03. The predicted octanol–water partition coefficient (Wildman–Crippen LogP) is 1.29. The van der Waals surface area contributed by atoms with Crippen molar-refractivity contribution >= 4 is 17.7 Å². The van der Waals surface area contributed by atoms with Gasteiger partial charge in [-0.05, 0) is 17.7 Å². The highest BCUT2D eigenvalue weighted by molar-refractivity contribution is 7.99. The Balaban J connectivity index is 1.75. The van der Waals surface area contributed by atoms with Crippen molar-refractivity contribution in [3.05, 3.63) is 23.8 Å². The van der Waals surface area contributed by atoms with Crippen LogP contribution in [0.15, 0.2) is 18.2 Å². The maximum Gasteiger partial charge on any atom is 0.323 e. The van der Waals surface area contributed by atoms with Crippen LogP contribution in [0.5, 0.6) is 11.5 Å². The van der Waals surface area contributed by atoms with Gasteiger partial charge in [0.2, 0.25) is 6.79 Å². The lowest BCUT2D eigenvalue weighted by Crippen LogP contribution is -2.34. The molecule has 2 aliphatic rings. The van der Waals surface area contributed by atoms with Gasteiger partial charge in [0, 0.05) is 5.75 Å². The predicted molar refractivity (Wildman–Crippen MR) is 66.7 cm³/mol. The molecule has 1 unspecified atom stereocenters. The van der Waals surface area contributed by atoms with Gasteiger partial charge in [0.05, 0.1) is 12.5 Å². The van der Waals surface area contributed by atoms with Gasteiger partial charge in [0.25, 0.3) is 0 Å². The molecule has 0 amide bonds. The quantitative estimate of drug-likeness (QED) is 0.815. The van der Waals surface area contributed by atoms with E-state index in [0.29, 0.717) is 5.75 Å². The Labute approximate surface area is 109 Å². The Morgan fingerprint density at radius 3 is 3.11 bits per heavy atom. The van der Waals surface area contributed by atoms with Crippen LogP contribution in [-0.2, 0) is 9.53 Å². The lowest BCUT2D eigenvalue weighted by molar-refractivity contribution is -0.142. The first-order chi connectivity index (χ1) is 8.78. The van der Waals surface area contributed by atoms with E-state index in [1.54, 1.807) is 11.8 Å². The van der Waals surface area contributed by atoms with Crippen LogP contribution >= 0.6 is 11.8 Å². The van der Waals surface area contributed by atoms with Crippen LogP contribution in [0.4, 0.5) is 0 Å². The summed E-state index contributed by atoms with van der Waals surface area (Å²) in [5.41, 5.74) is 1.08. The number of ether oxygens (including phenoxy) is 3. The summed E-state index contributed by atoms with van der Waals surface area (Å²) in [6.45, 7) is 0.273. The molecule has 1 fully saturated rings. The molecule has 5 nitrogen and oxygen atoms in total. The van der Waals surface area contributed by atoms with E-state index >= 15 is 0 Å². The molecule has 1 saturated heterocycles. The fourth-order valence-corrected chi connectivity index (χ4v) is 3.24. The van der Waals surface area contributed by atoms with Crippen molar-refractivity contribution in [3.8, 4) is 11.5 Å². The van der Waals surface area contributed by atoms with Gasteiger partial charge in [0.15, 0.2) is 11.5 Å². The number of fused-ring (bicyclic) bond motifs is 1. The lowest BCUT2D eigenvalue weighted by Gasteiger charge is -2.12. The van der Waals surface area contributed by atoms with Gasteiger partial charge >= 0.3 is 5.97 Å². The molecule has 96 valence electrons. The summed E-state index contributed by atoms with van der Waals surface area (Å²) in [6.07, 6.45) is 0. The monoisotopic (exact) mass is 267 g/mol. The lowest BCUT2D eigenvalue weighted by atomic mass is 10.2. The van der Waals surface area contributed by atoms with E-state index in [1.165, 1.54) is 7.11 Å². The Hall–Kier alpha value is -1.40. The second-order valence-corrected chi connectivity index (χ2v) is 5.21. The third-order valence-electron chi connectivity index (χ3n) is 2.97. The standard InChI is InChI=1S/C12H13NO4S/c1-15-12(14)8-5-18-11(13-8)7-2-3-9-10(4-7)17-6-16-9/h2-4,8,11,13H,5-6H2,1H3/t8-,11?/m1/s1. The molecule has 2 heterocycles. The summed E-state index contributed by atoms with van der Waals surface area (Å²) < 4.78 is 15.3. The fourth-order valence-electron chi connectivity index (χ4n) is 2.02. The molecule has 2 aliphatic heterocycles. The van der Waals surface area contributed by atoms with Gasteiger partial charge in [-0.2, -0.15) is 0 Å². The molecular weight excluding hydrogens is 254 g/mol. The van der Waals surface area contributed by atoms with Crippen molar-refractivity contribution in [2.75, 3.05) is 19.7 Å². The van der Waals surface area contributed by atoms with Crippen molar-refractivity contribution in [1.82, 2.24) is 5.32 Å². The summed E-state index contributed by atoms with van der Waals surface area (Å²) in [5, 5.41) is 3.33. The number of methoxy groups -OCH3 is 1. The Kier molecular flexibility index (Phi) is 3.05. The number of thioether (sulfide) groups is 1. The average Bonchev–Trinajstić information content (AvgIpc) is 3.05. The largest absolute Gasteiger partial charge is 0.468 e. The van der Waals surface area contributed by atoms with Crippen molar-refractivity contribution in [1.29, 1.82) is 0 Å². The molecule has 0 saturated carbocycles. The van der Waals surface area contributed by atoms with Gasteiger partial charge in [-0.1, -0.05) is 6.07 Å². The normalized spacial score (nSPS) is 25.2. The van der Waals surface area contributed by atoms with E-state index in [-0.39, 0.29) is 24.2 Å². The molecule has 3 rings (SSSR count). The Morgan fingerprint density at radius 1 is 1.44 bits per heavy atom. The van der Waals surface area contributed by atoms with Crippen molar-refractivity contribution in [2.45, 2.75) is 11.4 Å². The molecule has 0 spiro atoms. The molecule has 0 aromatic heterocycles. The van der Waals surface area contributed by atoms with Crippen LogP contribution in [0, 0.1) is 0 Å². The minimum absolute atomic E-state index is 0.0867. The van der Waals surface area contributed by atoms with Gasteiger partial charge in [0.1, 0.15) is 6.04 Å².